The molecule has 108 valence electrons. The lowest BCUT2D eigenvalue weighted by molar-refractivity contribution is 0.135. The van der Waals surface area contributed by atoms with Crippen molar-refractivity contribution in [1.82, 2.24) is 14.5 Å². The summed E-state index contributed by atoms with van der Waals surface area (Å²) in [5, 5.41) is 9.05. The highest BCUT2D eigenvalue weighted by Gasteiger charge is 2.26. The molecular formula is C17H20N4. The lowest BCUT2D eigenvalue weighted by Crippen LogP contribution is -2.43. The molecule has 4 rings (SSSR count). The van der Waals surface area contributed by atoms with E-state index in [1.54, 1.807) is 0 Å². The minimum Gasteiger partial charge on any atom is -0.328 e. The standard InChI is InChI=1S/C17H20N4/c18-12-13-5-6-16-15(10-13)19-17-11-14-4-1-2-7-20(14)8-3-9-21(16)17/h5-6,10,14H,1-4,7-9,11H2. The Morgan fingerprint density at radius 2 is 2.05 bits per heavy atom. The molecule has 2 aromatic rings. The Labute approximate surface area is 125 Å². The van der Waals surface area contributed by atoms with Crippen molar-refractivity contribution in [3.05, 3.63) is 29.6 Å². The molecule has 2 aliphatic rings. The fourth-order valence-electron chi connectivity index (χ4n) is 3.88. The summed E-state index contributed by atoms with van der Waals surface area (Å²) in [5.74, 6) is 1.21. The SMILES string of the molecule is N#Cc1ccc2c(c1)nc1n2CCCN2CCCCC2C1. The fourth-order valence-corrected chi connectivity index (χ4v) is 3.88. The number of nitriles is 1. The lowest BCUT2D eigenvalue weighted by Gasteiger charge is -2.37. The topological polar surface area (TPSA) is 44.9 Å². The Hall–Kier alpha value is -1.86. The summed E-state index contributed by atoms with van der Waals surface area (Å²) in [5.41, 5.74) is 2.87. The third-order valence-electron chi connectivity index (χ3n) is 4.95. The van der Waals surface area contributed by atoms with Gasteiger partial charge in [0.05, 0.1) is 22.7 Å². The Bertz CT molecular complexity index is 709. The smallest absolute Gasteiger partial charge is 0.111 e. The van der Waals surface area contributed by atoms with Gasteiger partial charge < -0.3 is 4.57 Å². The van der Waals surface area contributed by atoms with Gasteiger partial charge >= 0.3 is 0 Å². The van der Waals surface area contributed by atoms with Crippen LogP contribution in [0.4, 0.5) is 0 Å². The first-order chi connectivity index (χ1) is 10.3. The fraction of sp³-hybridized carbons (Fsp3) is 0.529. The summed E-state index contributed by atoms with van der Waals surface area (Å²) in [4.78, 5) is 7.50. The predicted molar refractivity (Wildman–Crippen MR) is 82.0 cm³/mol. The van der Waals surface area contributed by atoms with E-state index in [2.05, 4.69) is 21.6 Å². The lowest BCUT2D eigenvalue weighted by atomic mass is 9.98. The molecule has 4 heteroatoms. The number of piperidine rings is 1. The van der Waals surface area contributed by atoms with Gasteiger partial charge in [0.25, 0.3) is 0 Å². The van der Waals surface area contributed by atoms with E-state index >= 15 is 0 Å². The molecular weight excluding hydrogens is 260 g/mol. The minimum absolute atomic E-state index is 0.657. The number of imidazole rings is 1. The van der Waals surface area contributed by atoms with Crippen molar-refractivity contribution in [2.24, 2.45) is 0 Å². The largest absolute Gasteiger partial charge is 0.328 e. The van der Waals surface area contributed by atoms with E-state index in [0.717, 1.165) is 18.5 Å². The molecule has 0 N–H and O–H groups in total. The number of aromatic nitrogens is 2. The average Bonchev–Trinajstić information content (AvgIpc) is 2.82. The maximum absolute atomic E-state index is 9.05. The summed E-state index contributed by atoms with van der Waals surface area (Å²) in [6.07, 6.45) is 6.23. The highest BCUT2D eigenvalue weighted by Crippen LogP contribution is 2.26. The highest BCUT2D eigenvalue weighted by atomic mass is 15.2. The molecule has 0 radical (unpaired) electrons. The van der Waals surface area contributed by atoms with Gasteiger partial charge in [0.1, 0.15) is 5.82 Å². The van der Waals surface area contributed by atoms with Crippen LogP contribution >= 0.6 is 0 Å². The summed E-state index contributed by atoms with van der Waals surface area (Å²) in [6, 6.07) is 8.76. The van der Waals surface area contributed by atoms with Gasteiger partial charge in [-0.25, -0.2) is 4.98 Å². The van der Waals surface area contributed by atoms with Crippen LogP contribution < -0.4 is 0 Å². The first-order valence-corrected chi connectivity index (χ1v) is 7.98. The summed E-state index contributed by atoms with van der Waals surface area (Å²) in [7, 11) is 0. The van der Waals surface area contributed by atoms with Crippen molar-refractivity contribution < 1.29 is 0 Å². The molecule has 21 heavy (non-hydrogen) atoms. The quantitative estimate of drug-likeness (QED) is 0.745. The van der Waals surface area contributed by atoms with Gasteiger partial charge in [0.2, 0.25) is 0 Å². The number of hydrogen-bond acceptors (Lipinski definition) is 3. The second-order valence-corrected chi connectivity index (χ2v) is 6.24. The van der Waals surface area contributed by atoms with Crippen LogP contribution in [-0.4, -0.2) is 33.6 Å². The van der Waals surface area contributed by atoms with Crippen LogP contribution in [0.15, 0.2) is 18.2 Å². The van der Waals surface area contributed by atoms with E-state index in [1.807, 2.05) is 12.1 Å². The molecule has 0 spiro atoms. The molecule has 2 aliphatic heterocycles. The van der Waals surface area contributed by atoms with Crippen molar-refractivity contribution in [3.63, 3.8) is 0 Å². The number of benzene rings is 1. The summed E-state index contributed by atoms with van der Waals surface area (Å²) >= 11 is 0. The first-order valence-electron chi connectivity index (χ1n) is 7.98. The molecule has 1 unspecified atom stereocenters. The van der Waals surface area contributed by atoms with E-state index in [4.69, 9.17) is 10.2 Å². The molecule has 3 heterocycles. The maximum atomic E-state index is 9.05. The molecule has 4 nitrogen and oxygen atoms in total. The van der Waals surface area contributed by atoms with Gasteiger partial charge in [-0.3, -0.25) is 4.90 Å². The highest BCUT2D eigenvalue weighted by molar-refractivity contribution is 5.77. The Balaban J connectivity index is 1.76. The second kappa shape index (κ2) is 5.16. The molecule has 1 aromatic carbocycles. The molecule has 0 bridgehead atoms. The maximum Gasteiger partial charge on any atom is 0.111 e. The minimum atomic E-state index is 0.657. The van der Waals surface area contributed by atoms with E-state index in [0.29, 0.717) is 11.6 Å². The third-order valence-corrected chi connectivity index (χ3v) is 4.95. The number of aryl methyl sites for hydroxylation is 1. The van der Waals surface area contributed by atoms with Crippen LogP contribution in [0.3, 0.4) is 0 Å². The number of fused-ring (bicyclic) bond motifs is 4. The molecule has 1 atom stereocenters. The summed E-state index contributed by atoms with van der Waals surface area (Å²) < 4.78 is 2.38. The van der Waals surface area contributed by atoms with E-state index in [-0.39, 0.29) is 0 Å². The number of nitrogens with zero attached hydrogens (tertiary/aromatic N) is 4. The summed E-state index contributed by atoms with van der Waals surface area (Å²) in [6.45, 7) is 3.50. The van der Waals surface area contributed by atoms with Crippen molar-refractivity contribution in [1.29, 1.82) is 5.26 Å². The van der Waals surface area contributed by atoms with Gasteiger partial charge in [-0.1, -0.05) is 6.42 Å². The van der Waals surface area contributed by atoms with Gasteiger partial charge in [-0.05, 0) is 44.0 Å². The first kappa shape index (κ1) is 12.8. The Morgan fingerprint density at radius 3 is 2.95 bits per heavy atom. The van der Waals surface area contributed by atoms with Crippen LogP contribution in [0, 0.1) is 11.3 Å². The molecule has 1 aromatic heterocycles. The predicted octanol–water partition coefficient (Wildman–Crippen LogP) is 2.71. The average molecular weight is 280 g/mol. The van der Waals surface area contributed by atoms with E-state index < -0.39 is 0 Å². The number of hydrogen-bond donors (Lipinski definition) is 0. The molecule has 0 saturated carbocycles. The van der Waals surface area contributed by atoms with Crippen LogP contribution in [0.1, 0.15) is 37.1 Å². The normalized spacial score (nSPS) is 22.9. The van der Waals surface area contributed by atoms with Crippen molar-refractivity contribution in [3.8, 4) is 6.07 Å². The Morgan fingerprint density at radius 1 is 1.14 bits per heavy atom. The van der Waals surface area contributed by atoms with E-state index in [9.17, 15) is 0 Å². The van der Waals surface area contributed by atoms with Crippen molar-refractivity contribution in [2.45, 2.75) is 44.7 Å². The van der Waals surface area contributed by atoms with Gasteiger partial charge in [0.15, 0.2) is 0 Å². The molecule has 1 saturated heterocycles. The van der Waals surface area contributed by atoms with Crippen molar-refractivity contribution in [2.75, 3.05) is 13.1 Å². The molecule has 0 aliphatic carbocycles. The van der Waals surface area contributed by atoms with E-state index in [1.165, 1.54) is 50.1 Å². The van der Waals surface area contributed by atoms with Gasteiger partial charge in [-0.2, -0.15) is 5.26 Å². The zero-order valence-electron chi connectivity index (χ0n) is 12.3. The van der Waals surface area contributed by atoms with Crippen LogP contribution in [-0.2, 0) is 13.0 Å². The number of rotatable bonds is 0. The van der Waals surface area contributed by atoms with Gasteiger partial charge in [-0.15, -0.1) is 0 Å². The monoisotopic (exact) mass is 280 g/mol. The molecule has 0 amide bonds. The van der Waals surface area contributed by atoms with Crippen molar-refractivity contribution >= 4 is 11.0 Å². The zero-order valence-corrected chi connectivity index (χ0v) is 12.3. The zero-order chi connectivity index (χ0) is 14.2. The third kappa shape index (κ3) is 2.22. The van der Waals surface area contributed by atoms with Crippen LogP contribution in [0.25, 0.3) is 11.0 Å². The molecule has 1 fully saturated rings. The van der Waals surface area contributed by atoms with Crippen LogP contribution in [0.2, 0.25) is 0 Å². The second-order valence-electron chi connectivity index (χ2n) is 6.24. The van der Waals surface area contributed by atoms with Gasteiger partial charge in [0, 0.05) is 25.6 Å². The Kier molecular flexibility index (Phi) is 3.16. The van der Waals surface area contributed by atoms with Crippen LogP contribution in [0.5, 0.6) is 0 Å².